The van der Waals surface area contributed by atoms with Crippen LogP contribution in [0, 0.1) is 5.92 Å². The van der Waals surface area contributed by atoms with E-state index in [2.05, 4.69) is 19.2 Å². The van der Waals surface area contributed by atoms with Crippen LogP contribution in [-0.2, 0) is 16.1 Å². The summed E-state index contributed by atoms with van der Waals surface area (Å²) < 4.78 is 17.6. The molecule has 1 saturated heterocycles. The summed E-state index contributed by atoms with van der Waals surface area (Å²) in [7, 11) is 3.21. The smallest absolute Gasteiger partial charge is 0.330 e. The van der Waals surface area contributed by atoms with E-state index in [1.54, 1.807) is 24.0 Å². The number of methoxy groups -OCH3 is 2. The first-order valence-electron chi connectivity index (χ1n) is 18.1. The van der Waals surface area contributed by atoms with Crippen LogP contribution in [-0.4, -0.2) is 87.8 Å². The van der Waals surface area contributed by atoms with E-state index in [1.807, 2.05) is 66.1 Å². The van der Waals surface area contributed by atoms with Gasteiger partial charge < -0.3 is 34.4 Å². The first kappa shape index (κ1) is 36.2. The van der Waals surface area contributed by atoms with Gasteiger partial charge in [-0.1, -0.05) is 38.1 Å². The molecule has 2 aliphatic heterocycles. The second-order valence-electron chi connectivity index (χ2n) is 14.3. The minimum atomic E-state index is -1.40. The number of carbonyl (C=O) groups is 3. The standard InChI is InChI=1S/C40H45N5O7S/c1-24(2)33-23-53-37(42-33)32-19-35(30-15-14-28(51-4)17-31(30)41-32)52-29-18-34-36(46)43-40(38(47)48)20-26(40)9-7-5-6-8-16-44(39(49)45(34)22-29)21-25-10-12-27(50-3)13-11-25/h7,9-15,17,19,23-24,26,29,34H,5-6,8,16,18,20-22H2,1-4H3,(H,43,46)(H,47,48)/b9-7+. The average molecular weight is 740 g/mol. The maximum absolute atomic E-state index is 14.6. The highest BCUT2D eigenvalue weighted by Gasteiger charge is 2.61. The van der Waals surface area contributed by atoms with Gasteiger partial charge in [0.25, 0.3) is 0 Å². The number of nitrogens with one attached hydrogen (secondary N) is 1. The third-order valence-corrected chi connectivity index (χ3v) is 11.3. The number of aliphatic carboxylic acids is 1. The lowest BCUT2D eigenvalue weighted by Gasteiger charge is -2.32. The van der Waals surface area contributed by atoms with Crippen molar-refractivity contribution >= 4 is 40.1 Å². The molecule has 2 N–H and O–H groups in total. The van der Waals surface area contributed by atoms with Crippen molar-refractivity contribution in [2.75, 3.05) is 27.3 Å². The summed E-state index contributed by atoms with van der Waals surface area (Å²) in [4.78, 5) is 54.4. The maximum atomic E-state index is 14.6. The highest BCUT2D eigenvalue weighted by Crippen LogP contribution is 2.45. The zero-order valence-electron chi connectivity index (χ0n) is 30.4. The fraction of sp³-hybridized carbons (Fsp3) is 0.425. The average Bonchev–Trinajstić information content (AvgIpc) is 3.44. The van der Waals surface area contributed by atoms with Gasteiger partial charge in [-0.15, -0.1) is 11.3 Å². The number of pyridine rings is 1. The van der Waals surface area contributed by atoms with E-state index in [0.29, 0.717) is 42.2 Å². The highest BCUT2D eigenvalue weighted by atomic mass is 32.1. The fourth-order valence-corrected chi connectivity index (χ4v) is 8.11. The summed E-state index contributed by atoms with van der Waals surface area (Å²) in [6.07, 6.45) is 6.13. The summed E-state index contributed by atoms with van der Waals surface area (Å²) in [6, 6.07) is 13.8. The number of carboxylic acids is 1. The first-order chi connectivity index (χ1) is 25.6. The molecular formula is C40H45N5O7S. The Bertz CT molecular complexity index is 2030. The Kier molecular flexibility index (Phi) is 10.3. The summed E-state index contributed by atoms with van der Waals surface area (Å²) in [5.41, 5.74) is 1.80. The van der Waals surface area contributed by atoms with Crippen LogP contribution in [0.4, 0.5) is 4.79 Å². The van der Waals surface area contributed by atoms with Crippen LogP contribution in [0.15, 0.2) is 66.1 Å². The number of ether oxygens (including phenoxy) is 3. The molecule has 4 heterocycles. The van der Waals surface area contributed by atoms with Gasteiger partial charge in [-0.2, -0.15) is 0 Å². The van der Waals surface area contributed by atoms with Crippen molar-refractivity contribution in [1.82, 2.24) is 25.1 Å². The molecule has 13 heteroatoms. The predicted octanol–water partition coefficient (Wildman–Crippen LogP) is 6.64. The van der Waals surface area contributed by atoms with Gasteiger partial charge in [0.1, 0.15) is 45.6 Å². The molecule has 1 aliphatic carbocycles. The van der Waals surface area contributed by atoms with Crippen LogP contribution in [0.3, 0.4) is 0 Å². The Hall–Kier alpha value is -5.17. The van der Waals surface area contributed by atoms with Crippen LogP contribution in [0.2, 0.25) is 0 Å². The minimum absolute atomic E-state index is 0.128. The second-order valence-corrected chi connectivity index (χ2v) is 15.2. The molecule has 4 unspecified atom stereocenters. The van der Waals surface area contributed by atoms with Crippen LogP contribution in [0.25, 0.3) is 21.6 Å². The van der Waals surface area contributed by atoms with Gasteiger partial charge in [-0.25, -0.2) is 19.6 Å². The number of hydrogen-bond acceptors (Lipinski definition) is 9. The van der Waals surface area contributed by atoms with Gasteiger partial charge in [0.05, 0.1) is 32.0 Å². The van der Waals surface area contributed by atoms with Crippen LogP contribution < -0.4 is 19.5 Å². The van der Waals surface area contributed by atoms with Gasteiger partial charge in [-0.05, 0) is 61.4 Å². The van der Waals surface area contributed by atoms with Crippen molar-refractivity contribution in [2.45, 2.75) is 76.1 Å². The molecule has 2 aromatic carbocycles. The van der Waals surface area contributed by atoms with Crippen molar-refractivity contribution in [3.8, 4) is 28.0 Å². The number of aromatic nitrogens is 2. The van der Waals surface area contributed by atoms with Gasteiger partial charge in [-0.3, -0.25) is 4.79 Å². The van der Waals surface area contributed by atoms with E-state index < -0.39 is 29.6 Å². The van der Waals surface area contributed by atoms with E-state index >= 15 is 0 Å². The number of carbonyl (C=O) groups excluding carboxylic acids is 2. The topological polar surface area (TPSA) is 143 Å². The number of benzene rings is 2. The SMILES string of the molecule is COc1ccc(CN2CCCC/C=C/C3CC3(C(=O)O)NC(=O)C3CC(Oc4cc(-c5nc(C(C)C)cs5)nc5cc(OC)ccc45)CN3C2=O)cc1. The monoisotopic (exact) mass is 739 g/mol. The second kappa shape index (κ2) is 15.1. The molecule has 53 heavy (non-hydrogen) atoms. The number of urea groups is 1. The quantitative estimate of drug-likeness (QED) is 0.181. The molecule has 0 spiro atoms. The van der Waals surface area contributed by atoms with Gasteiger partial charge >= 0.3 is 12.0 Å². The van der Waals surface area contributed by atoms with Crippen molar-refractivity contribution in [1.29, 1.82) is 0 Å². The Morgan fingerprint density at radius 1 is 1.06 bits per heavy atom. The third kappa shape index (κ3) is 7.53. The van der Waals surface area contributed by atoms with E-state index in [-0.39, 0.29) is 30.8 Å². The molecule has 0 radical (unpaired) electrons. The van der Waals surface area contributed by atoms with Crippen LogP contribution in [0.1, 0.15) is 63.1 Å². The first-order valence-corrected chi connectivity index (χ1v) is 19.0. The number of allylic oxidation sites excluding steroid dienone is 1. The van der Waals surface area contributed by atoms with E-state index in [0.717, 1.165) is 46.7 Å². The molecule has 278 valence electrons. The molecule has 3 amide bonds. The Morgan fingerprint density at radius 3 is 2.55 bits per heavy atom. The minimum Gasteiger partial charge on any atom is -0.497 e. The molecular weight excluding hydrogens is 695 g/mol. The van der Waals surface area contributed by atoms with Crippen molar-refractivity contribution in [3.05, 3.63) is 77.3 Å². The Balaban J connectivity index is 1.23. The maximum Gasteiger partial charge on any atom is 0.330 e. The van der Waals surface area contributed by atoms with E-state index in [4.69, 9.17) is 24.2 Å². The summed E-state index contributed by atoms with van der Waals surface area (Å²) in [5, 5.41) is 16.6. The van der Waals surface area contributed by atoms with Gasteiger partial charge in [0.2, 0.25) is 5.91 Å². The number of amides is 3. The largest absolute Gasteiger partial charge is 0.497 e. The zero-order chi connectivity index (χ0) is 37.3. The number of hydrogen-bond donors (Lipinski definition) is 2. The molecule has 2 aromatic heterocycles. The molecule has 0 bridgehead atoms. The molecule has 3 aliphatic rings. The van der Waals surface area contributed by atoms with Crippen molar-refractivity contribution in [2.24, 2.45) is 5.92 Å². The Morgan fingerprint density at radius 2 is 1.83 bits per heavy atom. The van der Waals surface area contributed by atoms with Crippen LogP contribution >= 0.6 is 11.3 Å². The van der Waals surface area contributed by atoms with E-state index in [1.165, 1.54) is 11.3 Å². The zero-order valence-corrected chi connectivity index (χ0v) is 31.2. The Labute approximate surface area is 312 Å². The number of rotatable bonds is 9. The number of nitrogens with zero attached hydrogens (tertiary/aromatic N) is 4. The summed E-state index contributed by atoms with van der Waals surface area (Å²) in [5.74, 6) is 0.275. The lowest BCUT2D eigenvalue weighted by Crippen LogP contribution is -2.55. The van der Waals surface area contributed by atoms with Crippen molar-refractivity contribution in [3.63, 3.8) is 0 Å². The molecule has 2 fully saturated rings. The van der Waals surface area contributed by atoms with Gasteiger partial charge in [0, 0.05) is 48.3 Å². The number of fused-ring (bicyclic) bond motifs is 3. The normalized spacial score (nSPS) is 23.9. The third-order valence-electron chi connectivity index (χ3n) is 10.4. The molecule has 4 aromatic rings. The van der Waals surface area contributed by atoms with Crippen molar-refractivity contribution < 1.29 is 33.7 Å². The predicted molar refractivity (Wildman–Crippen MR) is 201 cm³/mol. The lowest BCUT2D eigenvalue weighted by molar-refractivity contribution is -0.144. The number of thiazole rings is 1. The molecule has 4 atom stereocenters. The summed E-state index contributed by atoms with van der Waals surface area (Å²) in [6.45, 7) is 5.14. The van der Waals surface area contributed by atoms with Gasteiger partial charge in [0.15, 0.2) is 0 Å². The summed E-state index contributed by atoms with van der Waals surface area (Å²) >= 11 is 1.51. The molecule has 12 nitrogen and oxygen atoms in total. The molecule has 1 saturated carbocycles. The highest BCUT2D eigenvalue weighted by molar-refractivity contribution is 7.13. The lowest BCUT2D eigenvalue weighted by atomic mass is 10.1. The number of carboxylic acid groups (broad SMARTS) is 1. The fourth-order valence-electron chi connectivity index (χ4n) is 7.17. The molecule has 7 rings (SSSR count). The van der Waals surface area contributed by atoms with Crippen LogP contribution in [0.5, 0.6) is 17.2 Å². The van der Waals surface area contributed by atoms with E-state index in [9.17, 15) is 19.5 Å².